The minimum atomic E-state index is -1.29. The van der Waals surface area contributed by atoms with Gasteiger partial charge in [-0.3, -0.25) is 9.78 Å². The Hall–Kier alpha value is -3.07. The van der Waals surface area contributed by atoms with Gasteiger partial charge in [-0.05, 0) is 42.0 Å². The van der Waals surface area contributed by atoms with Gasteiger partial charge in [0.05, 0.1) is 11.9 Å². The Labute approximate surface area is 142 Å². The van der Waals surface area contributed by atoms with Gasteiger partial charge in [0.2, 0.25) is 0 Å². The lowest BCUT2D eigenvalue weighted by atomic mass is 10.0. The first kappa shape index (κ1) is 17.3. The number of thiocarbonyl (C=S) groups is 1. The Bertz CT molecular complexity index is 778. The maximum Gasteiger partial charge on any atom is 0.259 e. The number of pyridine rings is 1. The van der Waals surface area contributed by atoms with E-state index in [2.05, 4.69) is 32.7 Å². The van der Waals surface area contributed by atoms with E-state index in [0.717, 1.165) is 0 Å². The monoisotopic (exact) mass is 344 g/mol. The summed E-state index contributed by atoms with van der Waals surface area (Å²) >= 11 is 4.63. The molecular weight excluding hydrogens is 331 g/mol. The van der Waals surface area contributed by atoms with E-state index in [9.17, 15) is 9.18 Å². The second-order valence-corrected chi connectivity index (χ2v) is 5.04. The van der Waals surface area contributed by atoms with E-state index in [-0.39, 0.29) is 10.8 Å². The van der Waals surface area contributed by atoms with E-state index in [4.69, 9.17) is 11.1 Å². The van der Waals surface area contributed by atoms with Gasteiger partial charge < -0.3 is 16.5 Å². The number of azo groups is 1. The number of benzene rings is 1. The highest BCUT2D eigenvalue weighted by molar-refractivity contribution is 7.80. The summed E-state index contributed by atoms with van der Waals surface area (Å²) in [5.74, 6) is -1.16. The van der Waals surface area contributed by atoms with Crippen molar-refractivity contribution in [3.05, 3.63) is 60.2 Å². The summed E-state index contributed by atoms with van der Waals surface area (Å²) in [6, 6.07) is 7.12. The zero-order valence-electron chi connectivity index (χ0n) is 12.3. The molecule has 1 aromatic carbocycles. The molecule has 0 radical (unpaired) electrons. The SMILES string of the molecule is N=C(c1ccc(F)cc1)C(N=Nc1cccnc1)C(=O)NC(N)=S. The third kappa shape index (κ3) is 4.71. The number of carbonyl (C=O) groups excluding carboxylic acids is 1. The summed E-state index contributed by atoms with van der Waals surface area (Å²) in [4.78, 5) is 16.1. The molecular formula is C15H13FN6OS. The molecule has 0 fully saturated rings. The first-order chi connectivity index (χ1) is 11.5. The second kappa shape index (κ2) is 7.97. The first-order valence-electron chi connectivity index (χ1n) is 6.73. The quantitative estimate of drug-likeness (QED) is 0.437. The lowest BCUT2D eigenvalue weighted by Crippen LogP contribution is -2.44. The van der Waals surface area contributed by atoms with Gasteiger partial charge in [0, 0.05) is 6.20 Å². The largest absolute Gasteiger partial charge is 0.376 e. The van der Waals surface area contributed by atoms with Crippen LogP contribution in [0.4, 0.5) is 10.1 Å². The number of aromatic nitrogens is 1. The van der Waals surface area contributed by atoms with Crippen molar-refractivity contribution in [1.82, 2.24) is 10.3 Å². The average molecular weight is 344 g/mol. The third-order valence-corrected chi connectivity index (χ3v) is 2.96. The van der Waals surface area contributed by atoms with Crippen LogP contribution in [0.2, 0.25) is 0 Å². The van der Waals surface area contributed by atoms with Crippen molar-refractivity contribution in [3.8, 4) is 0 Å². The van der Waals surface area contributed by atoms with E-state index in [0.29, 0.717) is 11.3 Å². The van der Waals surface area contributed by atoms with E-state index in [1.54, 1.807) is 18.3 Å². The van der Waals surface area contributed by atoms with E-state index < -0.39 is 17.8 Å². The fourth-order valence-electron chi connectivity index (χ4n) is 1.76. The van der Waals surface area contributed by atoms with Crippen LogP contribution in [0.3, 0.4) is 0 Å². The molecule has 4 N–H and O–H groups in total. The molecule has 0 aliphatic rings. The van der Waals surface area contributed by atoms with Crippen LogP contribution in [0.5, 0.6) is 0 Å². The third-order valence-electron chi connectivity index (χ3n) is 2.86. The number of nitrogens with zero attached hydrogens (tertiary/aromatic N) is 3. The number of rotatable bonds is 5. The van der Waals surface area contributed by atoms with E-state index >= 15 is 0 Å². The molecule has 0 bridgehead atoms. The number of amides is 1. The van der Waals surface area contributed by atoms with E-state index in [1.807, 2.05) is 0 Å². The Morgan fingerprint density at radius 1 is 1.33 bits per heavy atom. The number of halogens is 1. The number of hydrogen-bond acceptors (Lipinski definition) is 6. The van der Waals surface area contributed by atoms with Crippen LogP contribution in [0.1, 0.15) is 5.56 Å². The maximum atomic E-state index is 13.0. The van der Waals surface area contributed by atoms with Crippen molar-refractivity contribution in [1.29, 1.82) is 5.41 Å². The van der Waals surface area contributed by atoms with Gasteiger partial charge >= 0.3 is 0 Å². The molecule has 0 spiro atoms. The Balaban J connectivity index is 2.29. The number of carbonyl (C=O) groups is 1. The maximum absolute atomic E-state index is 13.0. The molecule has 0 saturated carbocycles. The summed E-state index contributed by atoms with van der Waals surface area (Å²) in [5, 5.41) is 17.9. The van der Waals surface area contributed by atoms with Crippen LogP contribution in [0.25, 0.3) is 0 Å². The number of nitrogens with one attached hydrogen (secondary N) is 2. The van der Waals surface area contributed by atoms with Crippen LogP contribution in [0, 0.1) is 11.2 Å². The minimum Gasteiger partial charge on any atom is -0.376 e. The fourth-order valence-corrected chi connectivity index (χ4v) is 1.86. The molecule has 0 aliphatic heterocycles. The van der Waals surface area contributed by atoms with Gasteiger partial charge in [0.25, 0.3) is 5.91 Å². The standard InChI is InChI=1S/C15H13FN6OS/c16-10-5-3-9(4-6-10)12(17)13(14(23)20-15(18)24)22-21-11-2-1-7-19-8-11/h1-8,13,17H,(H3,18,20,23,24). The summed E-state index contributed by atoms with van der Waals surface area (Å²) in [6.45, 7) is 0. The van der Waals surface area contributed by atoms with Crippen LogP contribution in [0.15, 0.2) is 59.0 Å². The predicted molar refractivity (Wildman–Crippen MR) is 90.7 cm³/mol. The van der Waals surface area contributed by atoms with Crippen molar-refractivity contribution < 1.29 is 9.18 Å². The molecule has 0 aliphatic carbocycles. The highest BCUT2D eigenvalue weighted by Gasteiger charge is 2.25. The molecule has 2 rings (SSSR count). The molecule has 1 unspecified atom stereocenters. The van der Waals surface area contributed by atoms with Crippen molar-refractivity contribution >= 4 is 34.6 Å². The van der Waals surface area contributed by atoms with E-state index in [1.165, 1.54) is 30.5 Å². The highest BCUT2D eigenvalue weighted by Crippen LogP contribution is 2.13. The van der Waals surface area contributed by atoms with Crippen LogP contribution < -0.4 is 11.1 Å². The topological polar surface area (TPSA) is 117 Å². The van der Waals surface area contributed by atoms with Crippen LogP contribution in [-0.4, -0.2) is 27.8 Å². The van der Waals surface area contributed by atoms with Crippen molar-refractivity contribution in [3.63, 3.8) is 0 Å². The fraction of sp³-hybridized carbons (Fsp3) is 0.0667. The molecule has 1 atom stereocenters. The summed E-state index contributed by atoms with van der Waals surface area (Å²) in [6.07, 6.45) is 3.02. The normalized spacial score (nSPS) is 11.9. The molecule has 9 heteroatoms. The molecule has 1 aromatic heterocycles. The summed E-state index contributed by atoms with van der Waals surface area (Å²) in [5.41, 5.74) is 5.86. The molecule has 7 nitrogen and oxygen atoms in total. The van der Waals surface area contributed by atoms with Gasteiger partial charge in [-0.25, -0.2) is 4.39 Å². The molecule has 122 valence electrons. The van der Waals surface area contributed by atoms with Crippen LogP contribution in [-0.2, 0) is 4.79 Å². The van der Waals surface area contributed by atoms with Gasteiger partial charge in [-0.2, -0.15) is 10.2 Å². The molecule has 2 aromatic rings. The van der Waals surface area contributed by atoms with Gasteiger partial charge in [-0.1, -0.05) is 12.1 Å². The van der Waals surface area contributed by atoms with Crippen LogP contribution >= 0.6 is 12.2 Å². The zero-order valence-corrected chi connectivity index (χ0v) is 13.1. The van der Waals surface area contributed by atoms with Crippen molar-refractivity contribution in [2.75, 3.05) is 0 Å². The lowest BCUT2D eigenvalue weighted by Gasteiger charge is -2.12. The molecule has 1 amide bonds. The number of nitrogens with two attached hydrogens (primary N) is 1. The Morgan fingerprint density at radius 3 is 2.62 bits per heavy atom. The predicted octanol–water partition coefficient (Wildman–Crippen LogP) is 2.10. The van der Waals surface area contributed by atoms with Crippen molar-refractivity contribution in [2.24, 2.45) is 16.0 Å². The Kier molecular flexibility index (Phi) is 5.74. The van der Waals surface area contributed by atoms with Gasteiger partial charge in [0.1, 0.15) is 11.5 Å². The Morgan fingerprint density at radius 2 is 2.04 bits per heavy atom. The lowest BCUT2D eigenvalue weighted by molar-refractivity contribution is -0.119. The summed E-state index contributed by atoms with van der Waals surface area (Å²) < 4.78 is 13.0. The minimum absolute atomic E-state index is 0.170. The van der Waals surface area contributed by atoms with Gasteiger partial charge in [-0.15, -0.1) is 0 Å². The second-order valence-electron chi connectivity index (χ2n) is 4.60. The number of hydrogen-bond donors (Lipinski definition) is 3. The average Bonchev–Trinajstić information content (AvgIpc) is 2.56. The summed E-state index contributed by atoms with van der Waals surface area (Å²) in [7, 11) is 0. The zero-order chi connectivity index (χ0) is 17.5. The van der Waals surface area contributed by atoms with Gasteiger partial charge in [0.15, 0.2) is 11.2 Å². The molecule has 0 saturated heterocycles. The molecule has 1 heterocycles. The first-order valence-corrected chi connectivity index (χ1v) is 7.14. The molecule has 24 heavy (non-hydrogen) atoms. The van der Waals surface area contributed by atoms with Crippen molar-refractivity contribution in [2.45, 2.75) is 6.04 Å². The highest BCUT2D eigenvalue weighted by atomic mass is 32.1. The smallest absolute Gasteiger partial charge is 0.259 e.